The SMILES string of the molecule is CCOC(=O)c1c(Cl)cc(C(F)(F)F)nc1O. The molecule has 0 amide bonds. The standard InChI is InChI=1S/C9H7ClF3NO3/c1-2-17-8(16)6-4(10)3-5(9(11,12)13)14-7(6)15/h3H,2H2,1H3,(H,14,15). The van der Waals surface area contributed by atoms with Gasteiger partial charge in [-0.2, -0.15) is 13.2 Å². The van der Waals surface area contributed by atoms with Gasteiger partial charge < -0.3 is 9.84 Å². The third-order valence-electron chi connectivity index (χ3n) is 1.72. The first-order valence-electron chi connectivity index (χ1n) is 4.41. The van der Waals surface area contributed by atoms with Crippen molar-refractivity contribution in [1.29, 1.82) is 0 Å². The molecule has 1 rings (SSSR count). The number of hydrogen-bond donors (Lipinski definition) is 1. The molecule has 0 unspecified atom stereocenters. The van der Waals surface area contributed by atoms with Crippen molar-refractivity contribution in [2.24, 2.45) is 0 Å². The number of carbonyl (C=O) groups is 1. The molecule has 17 heavy (non-hydrogen) atoms. The molecule has 1 aromatic rings. The predicted molar refractivity (Wildman–Crippen MR) is 51.9 cm³/mol. The van der Waals surface area contributed by atoms with E-state index < -0.39 is 34.3 Å². The molecule has 0 spiro atoms. The zero-order chi connectivity index (χ0) is 13.2. The number of rotatable bonds is 2. The van der Waals surface area contributed by atoms with Gasteiger partial charge >= 0.3 is 12.1 Å². The third kappa shape index (κ3) is 3.00. The maximum Gasteiger partial charge on any atom is 0.433 e. The first kappa shape index (κ1) is 13.6. The van der Waals surface area contributed by atoms with Gasteiger partial charge in [-0.05, 0) is 13.0 Å². The van der Waals surface area contributed by atoms with Gasteiger partial charge in [-0.15, -0.1) is 0 Å². The molecule has 1 N–H and O–H groups in total. The lowest BCUT2D eigenvalue weighted by Crippen LogP contribution is -2.12. The maximum absolute atomic E-state index is 12.3. The first-order valence-corrected chi connectivity index (χ1v) is 4.79. The van der Waals surface area contributed by atoms with Crippen LogP contribution in [-0.2, 0) is 10.9 Å². The van der Waals surface area contributed by atoms with E-state index in [-0.39, 0.29) is 6.61 Å². The van der Waals surface area contributed by atoms with E-state index in [1.54, 1.807) is 0 Å². The summed E-state index contributed by atoms with van der Waals surface area (Å²) in [5.74, 6) is -2.14. The second-order valence-electron chi connectivity index (χ2n) is 2.91. The van der Waals surface area contributed by atoms with Crippen molar-refractivity contribution in [2.75, 3.05) is 6.61 Å². The summed E-state index contributed by atoms with van der Waals surface area (Å²) in [6.45, 7) is 1.50. The number of halogens is 4. The Morgan fingerprint density at radius 1 is 1.59 bits per heavy atom. The van der Waals surface area contributed by atoms with E-state index in [0.717, 1.165) is 0 Å². The van der Waals surface area contributed by atoms with Crippen LogP contribution in [0.1, 0.15) is 23.0 Å². The fraction of sp³-hybridized carbons (Fsp3) is 0.333. The molecule has 0 radical (unpaired) electrons. The van der Waals surface area contributed by atoms with Gasteiger partial charge in [0.1, 0.15) is 11.3 Å². The van der Waals surface area contributed by atoms with E-state index >= 15 is 0 Å². The minimum atomic E-state index is -4.76. The van der Waals surface area contributed by atoms with Crippen molar-refractivity contribution in [3.8, 4) is 5.88 Å². The molecule has 0 saturated carbocycles. The number of nitrogens with zero attached hydrogens (tertiary/aromatic N) is 1. The molecule has 0 atom stereocenters. The van der Waals surface area contributed by atoms with E-state index in [9.17, 15) is 23.1 Å². The Morgan fingerprint density at radius 3 is 2.59 bits per heavy atom. The van der Waals surface area contributed by atoms with Crippen LogP contribution in [-0.4, -0.2) is 22.7 Å². The molecule has 1 aromatic heterocycles. The molecule has 8 heteroatoms. The zero-order valence-corrected chi connectivity index (χ0v) is 9.26. The van der Waals surface area contributed by atoms with Crippen LogP contribution in [0.25, 0.3) is 0 Å². The number of hydrogen-bond acceptors (Lipinski definition) is 4. The topological polar surface area (TPSA) is 59.4 Å². The molecule has 0 aliphatic carbocycles. The van der Waals surface area contributed by atoms with E-state index in [1.165, 1.54) is 6.92 Å². The number of ether oxygens (including phenoxy) is 1. The fourth-order valence-electron chi connectivity index (χ4n) is 1.04. The quantitative estimate of drug-likeness (QED) is 0.839. The van der Waals surface area contributed by atoms with Gasteiger partial charge in [0, 0.05) is 0 Å². The molecule has 0 aliphatic heterocycles. The summed E-state index contributed by atoms with van der Waals surface area (Å²) in [4.78, 5) is 14.1. The Kier molecular flexibility index (Phi) is 3.82. The molecular weight excluding hydrogens is 263 g/mol. The number of esters is 1. The Bertz CT molecular complexity index is 425. The monoisotopic (exact) mass is 269 g/mol. The highest BCUT2D eigenvalue weighted by Gasteiger charge is 2.35. The molecule has 94 valence electrons. The van der Waals surface area contributed by atoms with E-state index in [4.69, 9.17) is 11.6 Å². The molecule has 4 nitrogen and oxygen atoms in total. The summed E-state index contributed by atoms with van der Waals surface area (Å²) in [6.07, 6.45) is -4.76. The third-order valence-corrected chi connectivity index (χ3v) is 2.02. The number of aromatic nitrogens is 1. The molecule has 0 aliphatic rings. The molecule has 0 bridgehead atoms. The van der Waals surface area contributed by atoms with Crippen LogP contribution in [0.4, 0.5) is 13.2 Å². The lowest BCUT2D eigenvalue weighted by molar-refractivity contribution is -0.141. The van der Waals surface area contributed by atoms with Crippen LogP contribution in [0.5, 0.6) is 5.88 Å². The van der Waals surface area contributed by atoms with Gasteiger partial charge in [0.05, 0.1) is 11.6 Å². The van der Waals surface area contributed by atoms with Crippen LogP contribution in [0, 0.1) is 0 Å². The minimum Gasteiger partial charge on any atom is -0.493 e. The van der Waals surface area contributed by atoms with Gasteiger partial charge in [0.25, 0.3) is 0 Å². The van der Waals surface area contributed by atoms with Crippen molar-refractivity contribution in [2.45, 2.75) is 13.1 Å². The van der Waals surface area contributed by atoms with Gasteiger partial charge in [0.15, 0.2) is 0 Å². The summed E-state index contributed by atoms with van der Waals surface area (Å²) >= 11 is 5.47. The van der Waals surface area contributed by atoms with Gasteiger partial charge in [-0.25, -0.2) is 9.78 Å². The van der Waals surface area contributed by atoms with Crippen molar-refractivity contribution in [3.63, 3.8) is 0 Å². The lowest BCUT2D eigenvalue weighted by Gasteiger charge is -2.10. The fourth-order valence-corrected chi connectivity index (χ4v) is 1.30. The minimum absolute atomic E-state index is 0.00434. The van der Waals surface area contributed by atoms with Gasteiger partial charge in [-0.3, -0.25) is 0 Å². The Hall–Kier alpha value is -1.50. The van der Waals surface area contributed by atoms with Crippen molar-refractivity contribution < 1.29 is 27.8 Å². The van der Waals surface area contributed by atoms with Crippen LogP contribution < -0.4 is 0 Å². The highest BCUT2D eigenvalue weighted by molar-refractivity contribution is 6.33. The molecule has 1 heterocycles. The summed E-state index contributed by atoms with van der Waals surface area (Å²) in [5.41, 5.74) is -1.96. The Labute approximate surface area is 99.0 Å². The summed E-state index contributed by atoms with van der Waals surface area (Å²) in [5, 5.41) is 8.67. The predicted octanol–water partition coefficient (Wildman–Crippen LogP) is 2.64. The van der Waals surface area contributed by atoms with Gasteiger partial charge in [-0.1, -0.05) is 11.6 Å². The Morgan fingerprint density at radius 2 is 2.18 bits per heavy atom. The average molecular weight is 270 g/mol. The summed E-state index contributed by atoms with van der Waals surface area (Å²) < 4.78 is 41.4. The second kappa shape index (κ2) is 4.79. The second-order valence-corrected chi connectivity index (χ2v) is 3.31. The molecular formula is C9H7ClF3NO3. The van der Waals surface area contributed by atoms with Crippen molar-refractivity contribution in [1.82, 2.24) is 4.98 Å². The van der Waals surface area contributed by atoms with E-state index in [2.05, 4.69) is 9.72 Å². The maximum atomic E-state index is 12.3. The number of carbonyl (C=O) groups excluding carboxylic acids is 1. The molecule has 0 fully saturated rings. The van der Waals surface area contributed by atoms with E-state index in [0.29, 0.717) is 6.07 Å². The summed E-state index contributed by atoms with van der Waals surface area (Å²) in [7, 11) is 0. The van der Waals surface area contributed by atoms with Crippen LogP contribution in [0.3, 0.4) is 0 Å². The zero-order valence-electron chi connectivity index (χ0n) is 8.51. The normalized spacial score (nSPS) is 11.4. The lowest BCUT2D eigenvalue weighted by atomic mass is 10.2. The Balaban J connectivity index is 3.25. The highest BCUT2D eigenvalue weighted by atomic mass is 35.5. The van der Waals surface area contributed by atoms with Crippen LogP contribution in [0.2, 0.25) is 5.02 Å². The van der Waals surface area contributed by atoms with Gasteiger partial charge in [0.2, 0.25) is 5.88 Å². The number of aromatic hydroxyl groups is 1. The smallest absolute Gasteiger partial charge is 0.433 e. The number of alkyl halides is 3. The molecule has 0 aromatic carbocycles. The number of pyridine rings is 1. The average Bonchev–Trinajstić information content (AvgIpc) is 2.15. The van der Waals surface area contributed by atoms with Crippen molar-refractivity contribution >= 4 is 17.6 Å². The van der Waals surface area contributed by atoms with E-state index in [1.807, 2.05) is 0 Å². The summed E-state index contributed by atoms with van der Waals surface area (Å²) in [6, 6.07) is 0.452. The van der Waals surface area contributed by atoms with Crippen LogP contribution >= 0.6 is 11.6 Å². The molecule has 0 saturated heterocycles. The van der Waals surface area contributed by atoms with Crippen molar-refractivity contribution in [3.05, 3.63) is 22.3 Å². The first-order chi connectivity index (χ1) is 7.77. The highest BCUT2D eigenvalue weighted by Crippen LogP contribution is 2.34. The van der Waals surface area contributed by atoms with Crippen LogP contribution in [0.15, 0.2) is 6.07 Å². The largest absolute Gasteiger partial charge is 0.493 e.